The molecule has 0 amide bonds. The highest BCUT2D eigenvalue weighted by Gasteiger charge is 2.19. The van der Waals surface area contributed by atoms with Crippen LogP contribution in [0.2, 0.25) is 0 Å². The van der Waals surface area contributed by atoms with E-state index in [1.807, 2.05) is 0 Å². The number of likely N-dealkylation sites (N-methyl/N-ethyl adjacent to an activating group) is 1. The molecule has 0 radical (unpaired) electrons. The van der Waals surface area contributed by atoms with Crippen LogP contribution in [0.25, 0.3) is 0 Å². The summed E-state index contributed by atoms with van der Waals surface area (Å²) in [5, 5.41) is 0. The smallest absolute Gasteiger partial charge is 0.0607 e. The normalized spacial score (nSPS) is 14.5. The zero-order valence-corrected chi connectivity index (χ0v) is 10.7. The first-order valence-corrected chi connectivity index (χ1v) is 6.43. The molecule has 0 atom stereocenters. The van der Waals surface area contributed by atoms with Crippen LogP contribution in [0.4, 0.5) is 11.4 Å². The van der Waals surface area contributed by atoms with E-state index in [9.17, 15) is 0 Å². The van der Waals surface area contributed by atoms with Crippen LogP contribution in [0.15, 0.2) is 54.6 Å². The van der Waals surface area contributed by atoms with E-state index in [1.165, 1.54) is 16.9 Å². The summed E-state index contributed by atoms with van der Waals surface area (Å²) in [6, 6.07) is 19.3. The molecular formula is C16H18N2. The minimum atomic E-state index is 0.992. The number of rotatable bonds is 2. The average molecular weight is 238 g/mol. The molecule has 0 N–H and O–H groups in total. The molecule has 2 nitrogen and oxygen atoms in total. The maximum Gasteiger partial charge on any atom is 0.0607 e. The number of benzene rings is 2. The van der Waals surface area contributed by atoms with Crippen LogP contribution >= 0.6 is 0 Å². The van der Waals surface area contributed by atoms with Gasteiger partial charge in [0.1, 0.15) is 0 Å². The van der Waals surface area contributed by atoms with Crippen molar-refractivity contribution in [2.24, 2.45) is 0 Å². The van der Waals surface area contributed by atoms with Crippen molar-refractivity contribution in [2.45, 2.75) is 6.54 Å². The summed E-state index contributed by atoms with van der Waals surface area (Å²) in [5.41, 5.74) is 4.05. The van der Waals surface area contributed by atoms with E-state index in [0.717, 1.165) is 19.6 Å². The Morgan fingerprint density at radius 2 is 1.50 bits per heavy atom. The minimum absolute atomic E-state index is 0.992. The van der Waals surface area contributed by atoms with E-state index in [-0.39, 0.29) is 0 Å². The van der Waals surface area contributed by atoms with Crippen LogP contribution < -0.4 is 9.80 Å². The molecular weight excluding hydrogens is 220 g/mol. The van der Waals surface area contributed by atoms with Crippen molar-refractivity contribution in [2.75, 3.05) is 29.9 Å². The van der Waals surface area contributed by atoms with Crippen LogP contribution in [-0.4, -0.2) is 20.1 Å². The molecule has 1 heterocycles. The molecule has 0 aliphatic carbocycles. The number of para-hydroxylation sites is 2. The van der Waals surface area contributed by atoms with Crippen molar-refractivity contribution < 1.29 is 0 Å². The quantitative estimate of drug-likeness (QED) is 0.793. The van der Waals surface area contributed by atoms with Crippen molar-refractivity contribution in [3.05, 3.63) is 60.2 Å². The van der Waals surface area contributed by atoms with E-state index in [0.29, 0.717) is 0 Å². The number of nitrogens with zero attached hydrogens (tertiary/aromatic N) is 2. The van der Waals surface area contributed by atoms with Crippen molar-refractivity contribution in [1.82, 2.24) is 0 Å². The Morgan fingerprint density at radius 1 is 0.833 bits per heavy atom. The minimum Gasteiger partial charge on any atom is -0.371 e. The fourth-order valence-corrected chi connectivity index (χ4v) is 2.53. The zero-order chi connectivity index (χ0) is 12.4. The standard InChI is InChI=1S/C16H18N2/c1-17-11-12-18(13-14-7-3-2-4-8-14)16-10-6-5-9-15(16)17/h2-10H,11-13H2,1H3. The lowest BCUT2D eigenvalue weighted by molar-refractivity contribution is 0.735. The van der Waals surface area contributed by atoms with E-state index < -0.39 is 0 Å². The summed E-state index contributed by atoms with van der Waals surface area (Å²) < 4.78 is 0. The van der Waals surface area contributed by atoms with E-state index in [2.05, 4.69) is 71.4 Å². The maximum absolute atomic E-state index is 2.46. The van der Waals surface area contributed by atoms with Gasteiger partial charge in [-0.25, -0.2) is 0 Å². The fraction of sp³-hybridized carbons (Fsp3) is 0.250. The van der Waals surface area contributed by atoms with Crippen LogP contribution in [0.5, 0.6) is 0 Å². The average Bonchev–Trinajstić information content (AvgIpc) is 2.44. The second kappa shape index (κ2) is 4.73. The lowest BCUT2D eigenvalue weighted by Crippen LogP contribution is -2.38. The third-order valence-electron chi connectivity index (χ3n) is 3.56. The molecule has 0 unspecified atom stereocenters. The highest BCUT2D eigenvalue weighted by molar-refractivity contribution is 5.73. The number of hydrogen-bond donors (Lipinski definition) is 0. The van der Waals surface area contributed by atoms with Crippen LogP contribution in [-0.2, 0) is 6.54 Å². The Morgan fingerprint density at radius 3 is 2.28 bits per heavy atom. The molecule has 92 valence electrons. The van der Waals surface area contributed by atoms with Gasteiger partial charge in [0.25, 0.3) is 0 Å². The highest BCUT2D eigenvalue weighted by Crippen LogP contribution is 2.32. The van der Waals surface area contributed by atoms with Crippen LogP contribution in [0.1, 0.15) is 5.56 Å². The number of fused-ring (bicyclic) bond motifs is 1. The molecule has 2 heteroatoms. The predicted molar refractivity (Wildman–Crippen MR) is 77.2 cm³/mol. The molecule has 0 spiro atoms. The van der Waals surface area contributed by atoms with Gasteiger partial charge in [0.15, 0.2) is 0 Å². The van der Waals surface area contributed by atoms with E-state index >= 15 is 0 Å². The van der Waals surface area contributed by atoms with Crippen LogP contribution in [0, 0.1) is 0 Å². The molecule has 2 aromatic carbocycles. The Balaban J connectivity index is 1.89. The topological polar surface area (TPSA) is 6.48 Å². The van der Waals surface area contributed by atoms with Crippen molar-refractivity contribution >= 4 is 11.4 Å². The van der Waals surface area contributed by atoms with Gasteiger partial charge in [-0.2, -0.15) is 0 Å². The van der Waals surface area contributed by atoms with Gasteiger partial charge < -0.3 is 9.80 Å². The monoisotopic (exact) mass is 238 g/mol. The summed E-state index contributed by atoms with van der Waals surface area (Å²) >= 11 is 0. The first kappa shape index (κ1) is 11.1. The second-order valence-corrected chi connectivity index (χ2v) is 4.82. The number of hydrogen-bond acceptors (Lipinski definition) is 2. The number of anilines is 2. The second-order valence-electron chi connectivity index (χ2n) is 4.82. The van der Waals surface area contributed by atoms with Gasteiger partial charge in [-0.3, -0.25) is 0 Å². The molecule has 1 aliphatic heterocycles. The Bertz CT molecular complexity index is 522. The molecule has 18 heavy (non-hydrogen) atoms. The summed E-state index contributed by atoms with van der Waals surface area (Å²) in [6.45, 7) is 3.16. The zero-order valence-electron chi connectivity index (χ0n) is 10.7. The third-order valence-corrected chi connectivity index (χ3v) is 3.56. The highest BCUT2D eigenvalue weighted by atomic mass is 15.2. The van der Waals surface area contributed by atoms with Gasteiger partial charge in [0.2, 0.25) is 0 Å². The summed E-state index contributed by atoms with van der Waals surface area (Å²) in [5.74, 6) is 0. The van der Waals surface area contributed by atoms with Crippen LogP contribution in [0.3, 0.4) is 0 Å². The molecule has 0 saturated carbocycles. The van der Waals surface area contributed by atoms with Gasteiger partial charge in [-0.15, -0.1) is 0 Å². The van der Waals surface area contributed by atoms with Gasteiger partial charge in [0.05, 0.1) is 11.4 Å². The Labute approximate surface area is 108 Å². The maximum atomic E-state index is 2.46. The van der Waals surface area contributed by atoms with Crippen molar-refractivity contribution in [3.63, 3.8) is 0 Å². The molecule has 0 aromatic heterocycles. The fourth-order valence-electron chi connectivity index (χ4n) is 2.53. The first-order valence-electron chi connectivity index (χ1n) is 6.43. The Hall–Kier alpha value is -1.96. The lowest BCUT2D eigenvalue weighted by atomic mass is 10.1. The molecule has 2 aromatic rings. The molecule has 3 rings (SSSR count). The largest absolute Gasteiger partial charge is 0.371 e. The molecule has 0 saturated heterocycles. The predicted octanol–water partition coefficient (Wildman–Crippen LogP) is 3.14. The van der Waals surface area contributed by atoms with Gasteiger partial charge in [-0.05, 0) is 17.7 Å². The lowest BCUT2D eigenvalue weighted by Gasteiger charge is -2.37. The summed E-state index contributed by atoms with van der Waals surface area (Å²) in [7, 11) is 2.17. The van der Waals surface area contributed by atoms with Crippen molar-refractivity contribution in [1.29, 1.82) is 0 Å². The van der Waals surface area contributed by atoms with Gasteiger partial charge >= 0.3 is 0 Å². The molecule has 1 aliphatic rings. The first-order chi connectivity index (χ1) is 8.84. The Kier molecular flexibility index (Phi) is 2.93. The molecule has 0 fully saturated rings. The van der Waals surface area contributed by atoms with E-state index in [4.69, 9.17) is 0 Å². The molecule has 0 bridgehead atoms. The SMILES string of the molecule is CN1CCN(Cc2ccccc2)c2ccccc21. The van der Waals surface area contributed by atoms with Gasteiger partial charge in [0, 0.05) is 26.7 Å². The van der Waals surface area contributed by atoms with E-state index in [1.54, 1.807) is 0 Å². The van der Waals surface area contributed by atoms with Crippen molar-refractivity contribution in [3.8, 4) is 0 Å². The third kappa shape index (κ3) is 2.06. The summed E-state index contributed by atoms with van der Waals surface area (Å²) in [6.07, 6.45) is 0. The van der Waals surface area contributed by atoms with Gasteiger partial charge in [-0.1, -0.05) is 42.5 Å². The summed E-state index contributed by atoms with van der Waals surface area (Å²) in [4.78, 5) is 4.79.